The van der Waals surface area contributed by atoms with Gasteiger partial charge >= 0.3 is 0 Å². The molecule has 2 rings (SSSR count). The van der Waals surface area contributed by atoms with Crippen LogP contribution in [0, 0.1) is 0 Å². The van der Waals surface area contributed by atoms with E-state index in [1.54, 1.807) is 4.68 Å². The van der Waals surface area contributed by atoms with Crippen LogP contribution in [0.5, 0.6) is 0 Å². The summed E-state index contributed by atoms with van der Waals surface area (Å²) in [5.41, 5.74) is 10.4. The quantitative estimate of drug-likeness (QED) is 0.443. The van der Waals surface area contributed by atoms with Crippen LogP contribution < -0.4 is 17.0 Å². The summed E-state index contributed by atoms with van der Waals surface area (Å²) in [4.78, 5) is 4.18. The van der Waals surface area contributed by atoms with Crippen LogP contribution in [-0.4, -0.2) is 14.8 Å². The van der Waals surface area contributed by atoms with Crippen molar-refractivity contribution in [3.05, 3.63) is 40.4 Å². The van der Waals surface area contributed by atoms with Gasteiger partial charge in [-0.05, 0) is 23.8 Å². The number of hydrogen-bond acceptors (Lipinski definition) is 5. The molecule has 0 aliphatic heterocycles. The third-order valence-electron chi connectivity index (χ3n) is 2.82. The molecule has 1 atom stereocenters. The van der Waals surface area contributed by atoms with E-state index in [1.807, 2.05) is 25.2 Å². The van der Waals surface area contributed by atoms with E-state index in [1.165, 1.54) is 6.33 Å². The largest absolute Gasteiger partial charge is 0.398 e. The number of nitrogens with two attached hydrogens (primary N) is 2. The van der Waals surface area contributed by atoms with Crippen molar-refractivity contribution in [2.24, 2.45) is 12.9 Å². The van der Waals surface area contributed by atoms with Crippen molar-refractivity contribution in [1.82, 2.24) is 20.2 Å². The van der Waals surface area contributed by atoms with Gasteiger partial charge in [0.1, 0.15) is 12.2 Å². The number of hydrazine groups is 1. The zero-order valence-electron chi connectivity index (χ0n) is 9.97. The Kier molecular flexibility index (Phi) is 3.95. The maximum Gasteiger partial charge on any atom is 0.138 e. The van der Waals surface area contributed by atoms with Gasteiger partial charge in [0.25, 0.3) is 0 Å². The second-order valence-corrected chi connectivity index (χ2v) is 4.91. The summed E-state index contributed by atoms with van der Waals surface area (Å²) < 4.78 is 2.68. The summed E-state index contributed by atoms with van der Waals surface area (Å²) in [7, 11) is 1.85. The van der Waals surface area contributed by atoms with Crippen LogP contribution in [0.1, 0.15) is 17.4 Å². The Morgan fingerprint density at radius 1 is 1.50 bits per heavy atom. The Morgan fingerprint density at radius 2 is 2.28 bits per heavy atom. The van der Waals surface area contributed by atoms with Gasteiger partial charge in [-0.1, -0.05) is 15.9 Å². The zero-order chi connectivity index (χ0) is 13.1. The van der Waals surface area contributed by atoms with E-state index in [2.05, 4.69) is 31.4 Å². The van der Waals surface area contributed by atoms with Gasteiger partial charge in [0.05, 0.1) is 6.04 Å². The minimum absolute atomic E-state index is 0.106. The van der Waals surface area contributed by atoms with E-state index in [0.717, 1.165) is 15.9 Å². The monoisotopic (exact) mass is 310 g/mol. The highest BCUT2D eigenvalue weighted by atomic mass is 79.9. The second kappa shape index (κ2) is 5.47. The van der Waals surface area contributed by atoms with Crippen molar-refractivity contribution < 1.29 is 0 Å². The van der Waals surface area contributed by atoms with Crippen LogP contribution in [0.3, 0.4) is 0 Å². The minimum atomic E-state index is -0.106. The molecule has 1 aromatic heterocycles. The Hall–Kier alpha value is -1.44. The van der Waals surface area contributed by atoms with Crippen molar-refractivity contribution in [2.75, 3.05) is 5.73 Å². The van der Waals surface area contributed by atoms with Gasteiger partial charge in [-0.15, -0.1) is 0 Å². The van der Waals surface area contributed by atoms with E-state index in [9.17, 15) is 0 Å². The first-order valence-corrected chi connectivity index (χ1v) is 6.25. The van der Waals surface area contributed by atoms with Gasteiger partial charge in [-0.25, -0.2) is 4.98 Å². The highest BCUT2D eigenvalue weighted by Gasteiger charge is 2.16. The lowest BCUT2D eigenvalue weighted by atomic mass is 10.0. The molecule has 0 saturated heterocycles. The lowest BCUT2D eigenvalue weighted by Crippen LogP contribution is -2.31. The van der Waals surface area contributed by atoms with Gasteiger partial charge in [0.15, 0.2) is 0 Å². The van der Waals surface area contributed by atoms with E-state index in [4.69, 9.17) is 11.6 Å². The average molecular weight is 311 g/mol. The number of anilines is 1. The Bertz CT molecular complexity index is 538. The number of aryl methyl sites for hydroxylation is 1. The molecule has 1 unspecified atom stereocenters. The van der Waals surface area contributed by atoms with Crippen LogP contribution in [-0.2, 0) is 13.5 Å². The van der Waals surface area contributed by atoms with E-state index < -0.39 is 0 Å². The fourth-order valence-corrected chi connectivity index (χ4v) is 2.17. The van der Waals surface area contributed by atoms with Crippen molar-refractivity contribution in [2.45, 2.75) is 12.5 Å². The lowest BCUT2D eigenvalue weighted by Gasteiger charge is -2.18. The van der Waals surface area contributed by atoms with E-state index >= 15 is 0 Å². The summed E-state index contributed by atoms with van der Waals surface area (Å²) in [6.07, 6.45) is 2.14. The smallest absolute Gasteiger partial charge is 0.138 e. The van der Waals surface area contributed by atoms with Gasteiger partial charge in [0, 0.05) is 23.6 Å². The van der Waals surface area contributed by atoms with Crippen LogP contribution in [0.25, 0.3) is 0 Å². The molecule has 1 heterocycles. The summed E-state index contributed by atoms with van der Waals surface area (Å²) in [6.45, 7) is 0. The molecule has 0 radical (unpaired) electrons. The molecule has 0 spiro atoms. The molecule has 0 amide bonds. The molecule has 0 aliphatic rings. The van der Waals surface area contributed by atoms with Crippen LogP contribution in [0.2, 0.25) is 0 Å². The van der Waals surface area contributed by atoms with Crippen LogP contribution >= 0.6 is 15.9 Å². The van der Waals surface area contributed by atoms with Gasteiger partial charge < -0.3 is 5.73 Å². The lowest BCUT2D eigenvalue weighted by molar-refractivity contribution is 0.524. The Labute approximate surface area is 113 Å². The summed E-state index contributed by atoms with van der Waals surface area (Å²) in [5.74, 6) is 6.46. The number of nitrogens with zero attached hydrogens (tertiary/aromatic N) is 3. The molecule has 6 nitrogen and oxygen atoms in total. The third-order valence-corrected chi connectivity index (χ3v) is 3.31. The number of aromatic nitrogens is 3. The topological polar surface area (TPSA) is 94.8 Å². The summed E-state index contributed by atoms with van der Waals surface area (Å²) in [5, 5.41) is 4.03. The Morgan fingerprint density at radius 3 is 2.89 bits per heavy atom. The van der Waals surface area contributed by atoms with Crippen molar-refractivity contribution >= 4 is 21.6 Å². The van der Waals surface area contributed by atoms with Crippen LogP contribution in [0.15, 0.2) is 29.0 Å². The zero-order valence-corrected chi connectivity index (χ0v) is 11.6. The first-order chi connectivity index (χ1) is 8.61. The van der Waals surface area contributed by atoms with Gasteiger partial charge in [-0.2, -0.15) is 5.10 Å². The average Bonchev–Trinajstić information content (AvgIpc) is 2.75. The minimum Gasteiger partial charge on any atom is -0.398 e. The molecular formula is C11H15BrN6. The highest BCUT2D eigenvalue weighted by molar-refractivity contribution is 9.10. The van der Waals surface area contributed by atoms with Crippen LogP contribution in [0.4, 0.5) is 5.69 Å². The maximum absolute atomic E-state index is 5.97. The van der Waals surface area contributed by atoms with Gasteiger partial charge in [0.2, 0.25) is 0 Å². The number of rotatable bonds is 4. The van der Waals surface area contributed by atoms with Crippen molar-refractivity contribution in [1.29, 1.82) is 0 Å². The molecule has 5 N–H and O–H groups in total. The Balaban J connectivity index is 2.28. The first kappa shape index (κ1) is 13.0. The SMILES string of the molecule is Cn1ncnc1CC(NN)c1cc(Br)ccc1N. The molecule has 0 fully saturated rings. The fraction of sp³-hybridized carbons (Fsp3) is 0.273. The molecule has 18 heavy (non-hydrogen) atoms. The summed E-state index contributed by atoms with van der Waals surface area (Å²) >= 11 is 3.43. The molecule has 1 aromatic carbocycles. The first-order valence-electron chi connectivity index (χ1n) is 5.45. The number of nitrogen functional groups attached to an aromatic ring is 1. The molecule has 96 valence electrons. The molecule has 0 bridgehead atoms. The molecular weight excluding hydrogens is 296 g/mol. The van der Waals surface area contributed by atoms with Crippen molar-refractivity contribution in [3.63, 3.8) is 0 Å². The predicted molar refractivity (Wildman–Crippen MR) is 73.3 cm³/mol. The fourth-order valence-electron chi connectivity index (χ4n) is 1.79. The van der Waals surface area contributed by atoms with E-state index in [0.29, 0.717) is 12.1 Å². The van der Waals surface area contributed by atoms with Gasteiger partial charge in [-0.3, -0.25) is 16.0 Å². The highest BCUT2D eigenvalue weighted by Crippen LogP contribution is 2.26. The van der Waals surface area contributed by atoms with E-state index in [-0.39, 0.29) is 6.04 Å². The molecule has 2 aromatic rings. The number of hydrogen-bond donors (Lipinski definition) is 3. The molecule has 0 saturated carbocycles. The predicted octanol–water partition coefficient (Wildman–Crippen LogP) is 0.907. The number of benzene rings is 1. The standard InChI is InChI=1S/C11H15BrN6/c1-18-11(15-6-16-18)5-10(17-14)8-4-7(12)2-3-9(8)13/h2-4,6,10,17H,5,13-14H2,1H3. The summed E-state index contributed by atoms with van der Waals surface area (Å²) in [6, 6.07) is 5.59. The number of halogens is 1. The normalized spacial score (nSPS) is 12.6. The number of nitrogens with one attached hydrogen (secondary N) is 1. The maximum atomic E-state index is 5.97. The third kappa shape index (κ3) is 2.69. The van der Waals surface area contributed by atoms with Crippen molar-refractivity contribution in [3.8, 4) is 0 Å². The molecule has 7 heteroatoms. The second-order valence-electron chi connectivity index (χ2n) is 4.00. The molecule has 0 aliphatic carbocycles.